The van der Waals surface area contributed by atoms with Crippen LogP contribution in [-0.4, -0.2) is 26.2 Å². The number of carbonyl (C=O) groups is 2. The average molecular weight is 292 g/mol. The van der Waals surface area contributed by atoms with E-state index in [0.29, 0.717) is 12.1 Å². The van der Waals surface area contributed by atoms with Gasteiger partial charge in [0.05, 0.1) is 14.2 Å². The van der Waals surface area contributed by atoms with Gasteiger partial charge in [-0.3, -0.25) is 0 Å². The molecule has 0 aliphatic rings. The summed E-state index contributed by atoms with van der Waals surface area (Å²) in [5, 5.41) is 0. The van der Waals surface area contributed by atoms with Gasteiger partial charge in [-0.25, -0.2) is 14.2 Å². The fraction of sp³-hybridized carbons (Fsp3) is 0.438. The Kier molecular flexibility index (Phi) is 5.64. The molecular formula is C16H22NO4+. The molecule has 5 nitrogen and oxygen atoms in total. The van der Waals surface area contributed by atoms with E-state index in [1.165, 1.54) is 14.2 Å². The van der Waals surface area contributed by atoms with Gasteiger partial charge < -0.3 is 9.47 Å². The third kappa shape index (κ3) is 4.41. The van der Waals surface area contributed by atoms with Crippen molar-refractivity contribution in [3.8, 4) is 0 Å². The molecule has 0 unspecified atom stereocenters. The maximum Gasteiger partial charge on any atom is 0.345 e. The molecule has 0 N–H and O–H groups in total. The van der Waals surface area contributed by atoms with Gasteiger partial charge in [0.15, 0.2) is 24.5 Å². The van der Waals surface area contributed by atoms with Gasteiger partial charge in [-0.2, -0.15) is 0 Å². The van der Waals surface area contributed by atoms with Crippen LogP contribution in [0.4, 0.5) is 0 Å². The molecule has 0 radical (unpaired) electrons. The average Bonchev–Trinajstić information content (AvgIpc) is 2.46. The second-order valence-electron chi connectivity index (χ2n) is 5.63. The number of hydrogen-bond donors (Lipinski definition) is 0. The van der Waals surface area contributed by atoms with E-state index in [4.69, 9.17) is 9.47 Å². The number of methoxy groups -OCH3 is 2. The van der Waals surface area contributed by atoms with Crippen molar-refractivity contribution in [2.24, 2.45) is 5.41 Å². The minimum absolute atomic E-state index is 0.0381. The Morgan fingerprint density at radius 3 is 1.81 bits per heavy atom. The summed E-state index contributed by atoms with van der Waals surface area (Å²) in [5.41, 5.74) is 0.238. The first-order valence-corrected chi connectivity index (χ1v) is 6.65. The molecule has 0 amide bonds. The van der Waals surface area contributed by atoms with Crippen molar-refractivity contribution in [1.82, 2.24) is 0 Å². The third-order valence-corrected chi connectivity index (χ3v) is 3.10. The van der Waals surface area contributed by atoms with E-state index in [9.17, 15) is 9.59 Å². The van der Waals surface area contributed by atoms with Gasteiger partial charge in [0.25, 0.3) is 0 Å². The molecule has 0 aliphatic carbocycles. The second-order valence-corrected chi connectivity index (χ2v) is 5.63. The molecule has 0 atom stereocenters. The largest absolute Gasteiger partial charge is 0.465 e. The van der Waals surface area contributed by atoms with Crippen LogP contribution in [-0.2, 0) is 25.6 Å². The van der Waals surface area contributed by atoms with Crippen LogP contribution in [0.1, 0.15) is 20.8 Å². The zero-order valence-corrected chi connectivity index (χ0v) is 13.2. The standard InChI is InChI=1S/C16H22NO4/c1-16(2,3)12(11-17-9-7-6-8-10-17)13(14(18)20-4)15(19)21-5/h6-10H,11H2,1-5H3/q+1. The fourth-order valence-corrected chi connectivity index (χ4v) is 1.95. The van der Waals surface area contributed by atoms with Crippen molar-refractivity contribution in [3.05, 3.63) is 41.7 Å². The molecule has 0 saturated heterocycles. The lowest BCUT2D eigenvalue weighted by molar-refractivity contribution is -0.690. The van der Waals surface area contributed by atoms with E-state index in [0.717, 1.165) is 0 Å². The van der Waals surface area contributed by atoms with Gasteiger partial charge in [0.2, 0.25) is 0 Å². The summed E-state index contributed by atoms with van der Waals surface area (Å²) in [4.78, 5) is 24.0. The minimum atomic E-state index is -0.677. The molecule has 0 aromatic carbocycles. The normalized spacial score (nSPS) is 10.7. The van der Waals surface area contributed by atoms with Crippen molar-refractivity contribution in [2.45, 2.75) is 27.3 Å². The number of carbonyl (C=O) groups excluding carboxylic acids is 2. The monoisotopic (exact) mass is 292 g/mol. The van der Waals surface area contributed by atoms with E-state index < -0.39 is 11.9 Å². The first-order valence-electron chi connectivity index (χ1n) is 6.65. The molecule has 0 bridgehead atoms. The van der Waals surface area contributed by atoms with Crippen LogP contribution in [0.3, 0.4) is 0 Å². The van der Waals surface area contributed by atoms with Crippen molar-refractivity contribution in [2.75, 3.05) is 14.2 Å². The molecule has 1 heterocycles. The molecule has 0 spiro atoms. The van der Waals surface area contributed by atoms with Gasteiger partial charge >= 0.3 is 11.9 Å². The van der Waals surface area contributed by atoms with Crippen LogP contribution in [0.2, 0.25) is 0 Å². The Morgan fingerprint density at radius 2 is 1.43 bits per heavy atom. The molecule has 0 fully saturated rings. The van der Waals surface area contributed by atoms with Crippen molar-refractivity contribution >= 4 is 11.9 Å². The van der Waals surface area contributed by atoms with Gasteiger partial charge in [-0.15, -0.1) is 0 Å². The first-order chi connectivity index (χ1) is 9.81. The SMILES string of the molecule is COC(=O)C(C(=O)OC)=C(C[n+]1ccccc1)C(C)(C)C. The Morgan fingerprint density at radius 1 is 0.952 bits per heavy atom. The van der Waals surface area contributed by atoms with Crippen molar-refractivity contribution < 1.29 is 23.6 Å². The summed E-state index contributed by atoms with van der Waals surface area (Å²) >= 11 is 0. The number of allylic oxidation sites excluding steroid dienone is 1. The molecule has 5 heteroatoms. The number of nitrogens with zero attached hydrogens (tertiary/aromatic N) is 1. The van der Waals surface area contributed by atoms with Crippen molar-refractivity contribution in [1.29, 1.82) is 0 Å². The lowest BCUT2D eigenvalue weighted by Crippen LogP contribution is -2.38. The van der Waals surface area contributed by atoms with Crippen LogP contribution >= 0.6 is 0 Å². The topological polar surface area (TPSA) is 56.5 Å². The Hall–Kier alpha value is -2.17. The molecule has 0 saturated carbocycles. The van der Waals surface area contributed by atoms with Gasteiger partial charge in [-0.05, 0) is 5.41 Å². The predicted octanol–water partition coefficient (Wildman–Crippen LogP) is 1.66. The molecule has 0 aliphatic heterocycles. The second kappa shape index (κ2) is 7.02. The quantitative estimate of drug-likeness (QED) is 0.278. The molecule has 21 heavy (non-hydrogen) atoms. The highest BCUT2D eigenvalue weighted by Gasteiger charge is 2.33. The molecule has 114 valence electrons. The van der Waals surface area contributed by atoms with Crippen LogP contribution in [0.5, 0.6) is 0 Å². The summed E-state index contributed by atoms with van der Waals surface area (Å²) in [6, 6.07) is 5.67. The zero-order valence-electron chi connectivity index (χ0n) is 13.2. The molecule has 1 aromatic rings. The highest BCUT2D eigenvalue weighted by molar-refractivity contribution is 6.14. The van der Waals surface area contributed by atoms with Gasteiger partial charge in [0, 0.05) is 17.7 Å². The summed E-state index contributed by atoms with van der Waals surface area (Å²) in [5.74, 6) is -1.35. The van der Waals surface area contributed by atoms with E-state index >= 15 is 0 Å². The minimum Gasteiger partial charge on any atom is -0.465 e. The van der Waals surface area contributed by atoms with Crippen LogP contribution in [0.25, 0.3) is 0 Å². The summed E-state index contributed by atoms with van der Waals surface area (Å²) in [6.45, 7) is 6.23. The van der Waals surface area contributed by atoms with Crippen LogP contribution < -0.4 is 4.57 Å². The van der Waals surface area contributed by atoms with E-state index in [1.807, 2.05) is 55.9 Å². The Balaban J connectivity index is 3.41. The summed E-state index contributed by atoms with van der Waals surface area (Å²) < 4.78 is 11.4. The van der Waals surface area contributed by atoms with Gasteiger partial charge in [-0.1, -0.05) is 26.8 Å². The highest BCUT2D eigenvalue weighted by Crippen LogP contribution is 2.29. The Bertz CT molecular complexity index is 523. The number of pyridine rings is 1. The first kappa shape index (κ1) is 16.9. The predicted molar refractivity (Wildman–Crippen MR) is 77.2 cm³/mol. The third-order valence-electron chi connectivity index (χ3n) is 3.10. The molecule has 1 rings (SSSR count). The number of aromatic nitrogens is 1. The van der Waals surface area contributed by atoms with E-state index in [1.54, 1.807) is 0 Å². The number of hydrogen-bond acceptors (Lipinski definition) is 4. The van der Waals surface area contributed by atoms with Gasteiger partial charge in [0.1, 0.15) is 0 Å². The summed E-state index contributed by atoms with van der Waals surface area (Å²) in [6.07, 6.45) is 3.75. The van der Waals surface area contributed by atoms with Crippen molar-refractivity contribution in [3.63, 3.8) is 0 Å². The lowest BCUT2D eigenvalue weighted by Gasteiger charge is -2.23. The van der Waals surface area contributed by atoms with Crippen LogP contribution in [0.15, 0.2) is 41.7 Å². The number of esters is 2. The van der Waals surface area contributed by atoms with E-state index in [2.05, 4.69) is 0 Å². The maximum absolute atomic E-state index is 12.0. The molecule has 1 aromatic heterocycles. The zero-order chi connectivity index (χ0) is 16.0. The smallest absolute Gasteiger partial charge is 0.345 e. The highest BCUT2D eigenvalue weighted by atomic mass is 16.5. The van der Waals surface area contributed by atoms with Crippen LogP contribution in [0, 0.1) is 5.41 Å². The summed E-state index contributed by atoms with van der Waals surface area (Å²) in [7, 11) is 2.50. The lowest BCUT2D eigenvalue weighted by atomic mass is 9.83. The maximum atomic E-state index is 12.0. The Labute approximate surface area is 125 Å². The number of rotatable bonds is 4. The van der Waals surface area contributed by atoms with E-state index in [-0.39, 0.29) is 11.0 Å². The number of ether oxygens (including phenoxy) is 2. The fourth-order valence-electron chi connectivity index (χ4n) is 1.95. The molecular weight excluding hydrogens is 270 g/mol.